The van der Waals surface area contributed by atoms with Crippen molar-refractivity contribution in [1.29, 1.82) is 0 Å². The van der Waals surface area contributed by atoms with Gasteiger partial charge in [-0.1, -0.05) is 11.3 Å². The Labute approximate surface area is 80.6 Å². The summed E-state index contributed by atoms with van der Waals surface area (Å²) in [5, 5.41) is 3.94. The number of likely N-dealkylation sites (N-methyl/N-ethyl adjacent to an activating group) is 2. The number of carbonyl (C=O) groups excluding carboxylic acids is 1. The Morgan fingerprint density at radius 2 is 2.54 bits per heavy atom. The van der Waals surface area contributed by atoms with Gasteiger partial charge in [0.1, 0.15) is 5.00 Å². The van der Waals surface area contributed by atoms with Crippen LogP contribution < -0.4 is 16.0 Å². The van der Waals surface area contributed by atoms with Crippen molar-refractivity contribution in [2.75, 3.05) is 31.3 Å². The molecule has 6 heteroatoms. The minimum absolute atomic E-state index is 0.0451. The number of carbonyl (C=O) groups is 1. The molecule has 0 fully saturated rings. The highest BCUT2D eigenvalue weighted by atomic mass is 32.1. The van der Waals surface area contributed by atoms with Gasteiger partial charge in [-0.05, 0) is 0 Å². The summed E-state index contributed by atoms with van der Waals surface area (Å²) in [4.78, 5) is 16.8. The monoisotopic (exact) mass is 200 g/mol. The molecular weight excluding hydrogens is 188 g/mol. The van der Waals surface area contributed by atoms with Gasteiger partial charge in [0.05, 0.1) is 12.7 Å². The van der Waals surface area contributed by atoms with Crippen LogP contribution in [0.4, 0.5) is 10.1 Å². The maximum absolute atomic E-state index is 11.0. The number of nitrogens with one attached hydrogen (secondary N) is 1. The molecule has 0 aromatic carbocycles. The van der Waals surface area contributed by atoms with Crippen molar-refractivity contribution in [3.8, 4) is 0 Å². The van der Waals surface area contributed by atoms with E-state index in [-0.39, 0.29) is 5.91 Å². The second-order valence-corrected chi connectivity index (χ2v) is 3.62. The number of rotatable bonds is 3. The van der Waals surface area contributed by atoms with Gasteiger partial charge < -0.3 is 16.0 Å². The molecule has 3 N–H and O–H groups in total. The maximum Gasteiger partial charge on any atom is 0.239 e. The Bertz CT molecular complexity index is 298. The van der Waals surface area contributed by atoms with Crippen molar-refractivity contribution in [3.05, 3.63) is 6.20 Å². The first kappa shape index (κ1) is 9.79. The predicted molar refractivity (Wildman–Crippen MR) is 53.9 cm³/mol. The Morgan fingerprint density at radius 1 is 1.85 bits per heavy atom. The van der Waals surface area contributed by atoms with Gasteiger partial charge >= 0.3 is 0 Å². The zero-order chi connectivity index (χ0) is 9.84. The lowest BCUT2D eigenvalue weighted by Gasteiger charge is -2.13. The van der Waals surface area contributed by atoms with Crippen LogP contribution in [0, 0.1) is 0 Å². The van der Waals surface area contributed by atoms with Crippen LogP contribution in [-0.2, 0) is 4.79 Å². The van der Waals surface area contributed by atoms with Gasteiger partial charge in [0.2, 0.25) is 5.91 Å². The molecule has 1 aromatic heterocycles. The third-order valence-electron chi connectivity index (χ3n) is 1.50. The van der Waals surface area contributed by atoms with Crippen LogP contribution in [0.15, 0.2) is 6.20 Å². The molecule has 0 saturated heterocycles. The summed E-state index contributed by atoms with van der Waals surface area (Å²) in [6, 6.07) is 0. The van der Waals surface area contributed by atoms with E-state index in [1.807, 2.05) is 0 Å². The van der Waals surface area contributed by atoms with Gasteiger partial charge in [0, 0.05) is 14.1 Å². The standard InChI is InChI=1S/C7H12N4OS/c1-9-6(12)4-11(2)7-10-3-5(8)13-7/h3H,4,8H2,1-2H3,(H,9,12). The van der Waals surface area contributed by atoms with E-state index in [1.165, 1.54) is 11.3 Å². The molecule has 0 spiro atoms. The van der Waals surface area contributed by atoms with Gasteiger partial charge in [0.25, 0.3) is 0 Å². The molecular formula is C7H12N4OS. The number of nitrogens with two attached hydrogens (primary N) is 1. The number of amides is 1. The van der Waals surface area contributed by atoms with Gasteiger partial charge in [-0.3, -0.25) is 4.79 Å². The van der Waals surface area contributed by atoms with Crippen molar-refractivity contribution in [1.82, 2.24) is 10.3 Å². The molecule has 0 radical (unpaired) electrons. The fraction of sp³-hybridized carbons (Fsp3) is 0.429. The lowest BCUT2D eigenvalue weighted by Crippen LogP contribution is -2.32. The van der Waals surface area contributed by atoms with E-state index in [4.69, 9.17) is 5.73 Å². The SMILES string of the molecule is CNC(=O)CN(C)c1ncc(N)s1. The summed E-state index contributed by atoms with van der Waals surface area (Å²) in [5.41, 5.74) is 5.51. The number of hydrogen-bond acceptors (Lipinski definition) is 5. The van der Waals surface area contributed by atoms with Crippen molar-refractivity contribution in [2.45, 2.75) is 0 Å². The van der Waals surface area contributed by atoms with Crippen LogP contribution in [0.2, 0.25) is 0 Å². The normalized spacial score (nSPS) is 9.69. The highest BCUT2D eigenvalue weighted by Crippen LogP contribution is 2.22. The average Bonchev–Trinajstić information content (AvgIpc) is 2.51. The van der Waals surface area contributed by atoms with Crippen molar-refractivity contribution in [2.24, 2.45) is 0 Å². The van der Waals surface area contributed by atoms with Crippen molar-refractivity contribution in [3.63, 3.8) is 0 Å². The highest BCUT2D eigenvalue weighted by Gasteiger charge is 2.08. The molecule has 0 aliphatic rings. The Hall–Kier alpha value is -1.30. The number of thiazole rings is 1. The van der Waals surface area contributed by atoms with E-state index in [1.54, 1.807) is 25.2 Å². The number of aromatic nitrogens is 1. The first-order valence-corrected chi connectivity index (χ1v) is 4.58. The lowest BCUT2D eigenvalue weighted by atomic mass is 10.5. The third kappa shape index (κ3) is 2.59. The molecule has 0 atom stereocenters. The van der Waals surface area contributed by atoms with Gasteiger partial charge in [-0.2, -0.15) is 0 Å². The minimum Gasteiger partial charge on any atom is -0.389 e. The topological polar surface area (TPSA) is 71.2 Å². The smallest absolute Gasteiger partial charge is 0.239 e. The number of nitrogen functional groups attached to an aromatic ring is 1. The van der Waals surface area contributed by atoms with E-state index in [2.05, 4.69) is 10.3 Å². The van der Waals surface area contributed by atoms with E-state index in [0.29, 0.717) is 11.5 Å². The lowest BCUT2D eigenvalue weighted by molar-refractivity contribution is -0.119. The van der Waals surface area contributed by atoms with Crippen LogP contribution in [0.5, 0.6) is 0 Å². The summed E-state index contributed by atoms with van der Waals surface area (Å²) < 4.78 is 0. The number of nitrogens with zero attached hydrogens (tertiary/aromatic N) is 2. The molecule has 5 nitrogen and oxygen atoms in total. The molecule has 13 heavy (non-hydrogen) atoms. The van der Waals surface area contributed by atoms with Crippen LogP contribution in [0.25, 0.3) is 0 Å². The molecule has 0 aliphatic heterocycles. The van der Waals surface area contributed by atoms with Gasteiger partial charge in [-0.25, -0.2) is 4.98 Å². The van der Waals surface area contributed by atoms with Gasteiger partial charge in [0.15, 0.2) is 5.13 Å². The number of hydrogen-bond donors (Lipinski definition) is 2. The fourth-order valence-electron chi connectivity index (χ4n) is 0.816. The Balaban J connectivity index is 2.58. The second-order valence-electron chi connectivity index (χ2n) is 2.57. The van der Waals surface area contributed by atoms with Crippen LogP contribution in [0.1, 0.15) is 0 Å². The maximum atomic E-state index is 11.0. The Kier molecular flexibility index (Phi) is 3.07. The van der Waals surface area contributed by atoms with E-state index in [0.717, 1.165) is 5.13 Å². The van der Waals surface area contributed by atoms with Crippen LogP contribution in [-0.4, -0.2) is 31.5 Å². The molecule has 1 amide bonds. The fourth-order valence-corrected chi connectivity index (χ4v) is 1.46. The average molecular weight is 200 g/mol. The van der Waals surface area contributed by atoms with Crippen molar-refractivity contribution >= 4 is 27.4 Å². The summed E-state index contributed by atoms with van der Waals surface area (Å²) in [7, 11) is 3.40. The zero-order valence-corrected chi connectivity index (χ0v) is 8.39. The molecule has 1 rings (SSSR count). The molecule has 0 aliphatic carbocycles. The van der Waals surface area contributed by atoms with E-state index in [9.17, 15) is 4.79 Å². The Morgan fingerprint density at radius 3 is 3.00 bits per heavy atom. The van der Waals surface area contributed by atoms with Crippen LogP contribution in [0.3, 0.4) is 0 Å². The largest absolute Gasteiger partial charge is 0.389 e. The summed E-state index contributed by atoms with van der Waals surface area (Å²) in [6.07, 6.45) is 1.58. The number of anilines is 2. The second kappa shape index (κ2) is 4.08. The molecule has 0 bridgehead atoms. The minimum atomic E-state index is -0.0451. The van der Waals surface area contributed by atoms with Crippen molar-refractivity contribution < 1.29 is 4.79 Å². The highest BCUT2D eigenvalue weighted by molar-refractivity contribution is 7.19. The molecule has 0 unspecified atom stereocenters. The molecule has 72 valence electrons. The summed E-state index contributed by atoms with van der Waals surface area (Å²) >= 11 is 1.36. The molecule has 1 aromatic rings. The first-order chi connectivity index (χ1) is 6.13. The summed E-state index contributed by atoms with van der Waals surface area (Å²) in [5.74, 6) is -0.0451. The first-order valence-electron chi connectivity index (χ1n) is 3.76. The predicted octanol–water partition coefficient (Wildman–Crippen LogP) is -0.0925. The van der Waals surface area contributed by atoms with Crippen LogP contribution >= 0.6 is 11.3 Å². The van der Waals surface area contributed by atoms with E-state index >= 15 is 0 Å². The van der Waals surface area contributed by atoms with E-state index < -0.39 is 0 Å². The summed E-state index contributed by atoms with van der Waals surface area (Å²) in [6.45, 7) is 0.295. The molecule has 1 heterocycles. The third-order valence-corrected chi connectivity index (χ3v) is 2.44. The zero-order valence-electron chi connectivity index (χ0n) is 7.57. The molecule has 0 saturated carbocycles. The van der Waals surface area contributed by atoms with Gasteiger partial charge in [-0.15, -0.1) is 0 Å². The quantitative estimate of drug-likeness (QED) is 0.715.